The van der Waals surface area contributed by atoms with Gasteiger partial charge in [0.25, 0.3) is 0 Å². The van der Waals surface area contributed by atoms with Crippen molar-refractivity contribution in [2.45, 2.75) is 19.0 Å². The maximum atomic E-state index is 13.4. The van der Waals surface area contributed by atoms with Crippen molar-refractivity contribution in [1.29, 1.82) is 0 Å². The molecule has 2 aromatic carbocycles. The van der Waals surface area contributed by atoms with Crippen molar-refractivity contribution in [3.8, 4) is 5.69 Å². The van der Waals surface area contributed by atoms with Crippen molar-refractivity contribution in [2.24, 2.45) is 0 Å². The number of thiophene rings is 1. The number of para-hydroxylation sites is 1. The fraction of sp³-hybridized carbons (Fsp3) is 0.160. The summed E-state index contributed by atoms with van der Waals surface area (Å²) in [6.45, 7) is 1.18. The standard InChI is InChI=1S/C25H23N3OS/c29-25(26-15-14-19-8-2-1-3-9-19)28-18-20-10-4-5-11-21(20)27-16-6-12-22(27)24(28)23-13-7-17-30-23/h1-13,16-17,24H,14-15,18H2,(H,26,29)/t24-/m1/s1. The van der Waals surface area contributed by atoms with Gasteiger partial charge in [-0.1, -0.05) is 54.6 Å². The van der Waals surface area contributed by atoms with Gasteiger partial charge < -0.3 is 14.8 Å². The molecule has 2 aromatic heterocycles. The fourth-order valence-electron chi connectivity index (χ4n) is 4.15. The fourth-order valence-corrected chi connectivity index (χ4v) is 4.99. The second kappa shape index (κ2) is 8.20. The van der Waals surface area contributed by atoms with Crippen LogP contribution < -0.4 is 5.32 Å². The zero-order valence-electron chi connectivity index (χ0n) is 16.6. The van der Waals surface area contributed by atoms with Crippen molar-refractivity contribution >= 4 is 17.4 Å². The summed E-state index contributed by atoms with van der Waals surface area (Å²) in [5.41, 5.74) is 4.62. The van der Waals surface area contributed by atoms with E-state index in [0.29, 0.717) is 13.1 Å². The number of nitrogens with zero attached hydrogens (tertiary/aromatic N) is 2. The van der Waals surface area contributed by atoms with Gasteiger partial charge >= 0.3 is 6.03 Å². The van der Waals surface area contributed by atoms with E-state index in [2.05, 4.69) is 76.1 Å². The lowest BCUT2D eigenvalue weighted by molar-refractivity contribution is 0.181. The molecule has 0 fully saturated rings. The van der Waals surface area contributed by atoms with Gasteiger partial charge in [-0.25, -0.2) is 4.79 Å². The molecule has 5 heteroatoms. The average Bonchev–Trinajstić information content (AvgIpc) is 3.45. The van der Waals surface area contributed by atoms with E-state index in [9.17, 15) is 4.79 Å². The van der Waals surface area contributed by atoms with E-state index in [0.717, 1.165) is 23.4 Å². The SMILES string of the molecule is O=C(NCCc1ccccc1)N1Cc2ccccc2-n2cccc2[C@@H]1c1cccs1. The lowest BCUT2D eigenvalue weighted by Gasteiger charge is -2.30. The zero-order valence-corrected chi connectivity index (χ0v) is 17.4. The van der Waals surface area contributed by atoms with Crippen LogP contribution in [0.5, 0.6) is 0 Å². The number of aromatic nitrogens is 1. The molecule has 5 rings (SSSR count). The van der Waals surface area contributed by atoms with Crippen molar-refractivity contribution in [2.75, 3.05) is 6.54 Å². The molecule has 0 aliphatic carbocycles. The van der Waals surface area contributed by atoms with Crippen LogP contribution in [-0.2, 0) is 13.0 Å². The van der Waals surface area contributed by atoms with Gasteiger partial charge in [0.15, 0.2) is 0 Å². The molecule has 0 radical (unpaired) electrons. The number of urea groups is 1. The molecule has 2 amide bonds. The largest absolute Gasteiger partial charge is 0.338 e. The zero-order chi connectivity index (χ0) is 20.3. The molecule has 0 saturated heterocycles. The Balaban J connectivity index is 1.47. The normalized spacial score (nSPS) is 15.2. The first-order chi connectivity index (χ1) is 14.8. The minimum absolute atomic E-state index is 0.0335. The summed E-state index contributed by atoms with van der Waals surface area (Å²) < 4.78 is 2.22. The van der Waals surface area contributed by atoms with Crippen LogP contribution in [0.15, 0.2) is 90.4 Å². The van der Waals surface area contributed by atoms with Crippen LogP contribution in [0.4, 0.5) is 4.79 Å². The Bertz CT molecular complexity index is 1130. The predicted octanol–water partition coefficient (Wildman–Crippen LogP) is 5.40. The second-order valence-corrected chi connectivity index (χ2v) is 8.42. The van der Waals surface area contributed by atoms with Gasteiger partial charge in [0.2, 0.25) is 0 Å². The number of nitrogens with one attached hydrogen (secondary N) is 1. The molecule has 30 heavy (non-hydrogen) atoms. The van der Waals surface area contributed by atoms with Crippen molar-refractivity contribution in [3.05, 3.63) is 112 Å². The Kier molecular flexibility index (Phi) is 5.11. The number of hydrogen-bond donors (Lipinski definition) is 1. The van der Waals surface area contributed by atoms with E-state index in [4.69, 9.17) is 0 Å². The number of rotatable bonds is 4. The Morgan fingerprint density at radius 2 is 1.80 bits per heavy atom. The highest BCUT2D eigenvalue weighted by Gasteiger charge is 2.33. The van der Waals surface area contributed by atoms with Gasteiger partial charge in [-0.2, -0.15) is 0 Å². The molecule has 1 N–H and O–H groups in total. The molecule has 3 heterocycles. The number of benzene rings is 2. The molecule has 0 saturated carbocycles. The van der Waals surface area contributed by atoms with E-state index in [-0.39, 0.29) is 12.1 Å². The third-order valence-electron chi connectivity index (χ3n) is 5.57. The summed E-state index contributed by atoms with van der Waals surface area (Å²) in [4.78, 5) is 16.5. The topological polar surface area (TPSA) is 37.3 Å². The third-order valence-corrected chi connectivity index (χ3v) is 6.49. The quantitative estimate of drug-likeness (QED) is 0.478. The van der Waals surface area contributed by atoms with Crippen LogP contribution in [0.3, 0.4) is 0 Å². The van der Waals surface area contributed by atoms with Gasteiger partial charge in [-0.3, -0.25) is 0 Å². The molecule has 0 spiro atoms. The van der Waals surface area contributed by atoms with Crippen LogP contribution in [0.1, 0.15) is 27.7 Å². The summed E-state index contributed by atoms with van der Waals surface area (Å²) in [5, 5.41) is 5.23. The first-order valence-electron chi connectivity index (χ1n) is 10.2. The van der Waals surface area contributed by atoms with E-state index in [1.807, 2.05) is 29.2 Å². The number of carbonyl (C=O) groups excluding carboxylic acids is 1. The molecule has 4 aromatic rings. The number of carbonyl (C=O) groups is 1. The first-order valence-corrected chi connectivity index (χ1v) is 11.1. The number of fused-ring (bicyclic) bond motifs is 3. The molecule has 1 atom stereocenters. The minimum Gasteiger partial charge on any atom is -0.338 e. The summed E-state index contributed by atoms with van der Waals surface area (Å²) >= 11 is 1.69. The predicted molar refractivity (Wildman–Crippen MR) is 121 cm³/mol. The molecule has 0 unspecified atom stereocenters. The van der Waals surface area contributed by atoms with Crippen LogP contribution in [0, 0.1) is 0 Å². The smallest absolute Gasteiger partial charge is 0.318 e. The second-order valence-electron chi connectivity index (χ2n) is 7.45. The number of hydrogen-bond acceptors (Lipinski definition) is 2. The van der Waals surface area contributed by atoms with Gasteiger partial charge in [-0.05, 0) is 47.2 Å². The summed E-state index contributed by atoms with van der Waals surface area (Å²) in [6, 6.07) is 26.8. The van der Waals surface area contributed by atoms with Gasteiger partial charge in [0, 0.05) is 17.6 Å². The first kappa shape index (κ1) is 18.7. The Morgan fingerprint density at radius 1 is 0.967 bits per heavy atom. The van der Waals surface area contributed by atoms with Crippen molar-refractivity contribution in [3.63, 3.8) is 0 Å². The van der Waals surface area contributed by atoms with Crippen LogP contribution in [-0.4, -0.2) is 22.0 Å². The highest BCUT2D eigenvalue weighted by Crippen LogP contribution is 2.38. The van der Waals surface area contributed by atoms with Gasteiger partial charge in [0.05, 0.1) is 17.9 Å². The molecule has 150 valence electrons. The van der Waals surface area contributed by atoms with E-state index in [1.165, 1.54) is 10.4 Å². The summed E-state index contributed by atoms with van der Waals surface area (Å²) in [5.74, 6) is 0. The van der Waals surface area contributed by atoms with E-state index in [1.54, 1.807) is 11.3 Å². The summed E-state index contributed by atoms with van der Waals surface area (Å²) in [7, 11) is 0. The molecule has 0 bridgehead atoms. The minimum atomic E-state index is -0.121. The maximum Gasteiger partial charge on any atom is 0.318 e. The maximum absolute atomic E-state index is 13.4. The summed E-state index contributed by atoms with van der Waals surface area (Å²) in [6.07, 6.45) is 2.91. The molecular formula is C25H23N3OS. The highest BCUT2D eigenvalue weighted by atomic mass is 32.1. The molecule has 4 nitrogen and oxygen atoms in total. The average molecular weight is 414 g/mol. The van der Waals surface area contributed by atoms with Crippen LogP contribution in [0.2, 0.25) is 0 Å². The van der Waals surface area contributed by atoms with E-state index >= 15 is 0 Å². The van der Waals surface area contributed by atoms with Crippen LogP contribution >= 0.6 is 11.3 Å². The monoisotopic (exact) mass is 413 g/mol. The third kappa shape index (κ3) is 3.53. The van der Waals surface area contributed by atoms with Crippen molar-refractivity contribution in [1.82, 2.24) is 14.8 Å². The van der Waals surface area contributed by atoms with Gasteiger partial charge in [-0.15, -0.1) is 11.3 Å². The molecular weight excluding hydrogens is 390 g/mol. The van der Waals surface area contributed by atoms with Crippen LogP contribution in [0.25, 0.3) is 5.69 Å². The Hall–Kier alpha value is -3.31. The highest BCUT2D eigenvalue weighted by molar-refractivity contribution is 7.10. The lowest BCUT2D eigenvalue weighted by Crippen LogP contribution is -2.42. The van der Waals surface area contributed by atoms with Crippen molar-refractivity contribution < 1.29 is 4.79 Å². The molecule has 1 aliphatic heterocycles. The van der Waals surface area contributed by atoms with Gasteiger partial charge in [0.1, 0.15) is 6.04 Å². The van der Waals surface area contributed by atoms with E-state index < -0.39 is 0 Å². The number of amides is 2. The molecule has 1 aliphatic rings. The Morgan fingerprint density at radius 3 is 2.63 bits per heavy atom. The Labute approximate surface area is 180 Å². The lowest BCUT2D eigenvalue weighted by atomic mass is 10.1.